The summed E-state index contributed by atoms with van der Waals surface area (Å²) < 4.78 is 2.08. The van der Waals surface area contributed by atoms with Gasteiger partial charge in [-0.25, -0.2) is 0 Å². The maximum atomic E-state index is 3.77. The first-order chi connectivity index (χ1) is 3.84. The molecule has 0 radical (unpaired) electrons. The summed E-state index contributed by atoms with van der Waals surface area (Å²) in [6.45, 7) is 0.878. The summed E-state index contributed by atoms with van der Waals surface area (Å²) in [7, 11) is 2.03. The van der Waals surface area contributed by atoms with Crippen molar-refractivity contribution in [1.29, 1.82) is 0 Å². The van der Waals surface area contributed by atoms with Gasteiger partial charge in [0.1, 0.15) is 6.54 Å². The highest BCUT2D eigenvalue weighted by atomic mass is 14.9. The largest absolute Gasteiger partial charge is 0.353 e. The van der Waals surface area contributed by atoms with Crippen molar-refractivity contribution in [3.05, 3.63) is 24.0 Å². The number of nitrogens with zero attached hydrogens (tertiary/aromatic N) is 1. The van der Waals surface area contributed by atoms with Crippen LogP contribution in [0.15, 0.2) is 18.3 Å². The molecule has 0 aliphatic heterocycles. The van der Waals surface area contributed by atoms with E-state index in [1.54, 1.807) is 0 Å². The van der Waals surface area contributed by atoms with Gasteiger partial charge in [-0.05, 0) is 12.1 Å². The van der Waals surface area contributed by atoms with Crippen LogP contribution in [-0.4, -0.2) is 4.57 Å². The zero-order valence-electron chi connectivity index (χ0n) is 5.09. The Morgan fingerprint density at radius 2 is 2.50 bits per heavy atom. The average Bonchev–Trinajstić information content (AvgIpc) is 2.14. The van der Waals surface area contributed by atoms with Gasteiger partial charge in [0.2, 0.25) is 0 Å². The van der Waals surface area contributed by atoms with Crippen molar-refractivity contribution in [3.8, 4) is 0 Å². The van der Waals surface area contributed by atoms with Crippen LogP contribution >= 0.6 is 0 Å². The molecule has 1 heterocycles. The predicted octanol–water partition coefficient (Wildman–Crippen LogP) is -0.233. The van der Waals surface area contributed by atoms with Crippen LogP contribution in [0.25, 0.3) is 0 Å². The monoisotopic (exact) mass is 111 g/mol. The molecule has 0 bridgehead atoms. The minimum absolute atomic E-state index is 0.878. The standard InChI is InChI=1S/C6H10N2/c1-8-4-2-3-6(8)5-7/h2-4H,5,7H2,1H3/p+1. The zero-order chi connectivity index (χ0) is 5.98. The number of hydrogen-bond donors (Lipinski definition) is 1. The van der Waals surface area contributed by atoms with Crippen molar-refractivity contribution in [2.24, 2.45) is 7.05 Å². The van der Waals surface area contributed by atoms with Crippen LogP contribution in [-0.2, 0) is 13.6 Å². The molecule has 0 fully saturated rings. The summed E-state index contributed by atoms with van der Waals surface area (Å²) in [6.07, 6.45) is 2.03. The van der Waals surface area contributed by atoms with Gasteiger partial charge in [-0.15, -0.1) is 0 Å². The second kappa shape index (κ2) is 2.01. The quantitative estimate of drug-likeness (QED) is 0.519. The van der Waals surface area contributed by atoms with Gasteiger partial charge < -0.3 is 10.3 Å². The summed E-state index contributed by atoms with van der Waals surface area (Å²) in [5.41, 5.74) is 5.05. The van der Waals surface area contributed by atoms with Gasteiger partial charge >= 0.3 is 0 Å². The van der Waals surface area contributed by atoms with E-state index in [2.05, 4.69) is 16.4 Å². The fraction of sp³-hybridized carbons (Fsp3) is 0.333. The number of quaternary nitrogens is 1. The molecule has 1 aromatic rings. The summed E-state index contributed by atoms with van der Waals surface area (Å²) in [5.74, 6) is 0. The Bertz CT molecular complexity index is 167. The van der Waals surface area contributed by atoms with Crippen LogP contribution in [0.2, 0.25) is 0 Å². The minimum atomic E-state index is 0.878. The van der Waals surface area contributed by atoms with Crippen LogP contribution in [0.5, 0.6) is 0 Å². The Labute approximate surface area is 48.9 Å². The van der Waals surface area contributed by atoms with Crippen molar-refractivity contribution < 1.29 is 5.73 Å². The molecule has 44 valence electrons. The lowest BCUT2D eigenvalue weighted by molar-refractivity contribution is -0.387. The SMILES string of the molecule is Cn1cccc1C[NH3+]. The lowest BCUT2D eigenvalue weighted by atomic mass is 10.4. The van der Waals surface area contributed by atoms with Crippen molar-refractivity contribution in [3.63, 3.8) is 0 Å². The molecule has 0 aliphatic carbocycles. The van der Waals surface area contributed by atoms with Gasteiger partial charge in [-0.2, -0.15) is 0 Å². The zero-order valence-corrected chi connectivity index (χ0v) is 5.09. The first kappa shape index (κ1) is 5.38. The smallest absolute Gasteiger partial charge is 0.115 e. The predicted molar refractivity (Wildman–Crippen MR) is 32.0 cm³/mol. The van der Waals surface area contributed by atoms with Gasteiger partial charge in [0, 0.05) is 13.2 Å². The highest BCUT2D eigenvalue weighted by Crippen LogP contribution is 1.94. The second-order valence-electron chi connectivity index (χ2n) is 1.86. The summed E-state index contributed by atoms with van der Waals surface area (Å²) in [4.78, 5) is 0. The maximum absolute atomic E-state index is 3.77. The highest BCUT2D eigenvalue weighted by molar-refractivity contribution is 5.04. The van der Waals surface area contributed by atoms with Crippen LogP contribution in [0.4, 0.5) is 0 Å². The molecule has 3 N–H and O–H groups in total. The van der Waals surface area contributed by atoms with E-state index in [1.165, 1.54) is 5.69 Å². The molecule has 2 heteroatoms. The molecule has 0 aliphatic rings. The second-order valence-corrected chi connectivity index (χ2v) is 1.86. The van der Waals surface area contributed by atoms with E-state index >= 15 is 0 Å². The van der Waals surface area contributed by atoms with Crippen molar-refractivity contribution in [1.82, 2.24) is 4.57 Å². The molecule has 0 spiro atoms. The van der Waals surface area contributed by atoms with Crippen molar-refractivity contribution in [2.75, 3.05) is 0 Å². The molecule has 0 atom stereocenters. The molecule has 0 aromatic carbocycles. The normalized spacial score (nSPS) is 9.75. The third kappa shape index (κ3) is 0.746. The molecule has 1 rings (SSSR count). The topological polar surface area (TPSA) is 32.6 Å². The van der Waals surface area contributed by atoms with E-state index < -0.39 is 0 Å². The summed E-state index contributed by atoms with van der Waals surface area (Å²) >= 11 is 0. The molecule has 2 nitrogen and oxygen atoms in total. The van der Waals surface area contributed by atoms with Gasteiger partial charge in [-0.1, -0.05) is 0 Å². The van der Waals surface area contributed by atoms with E-state index in [0.717, 1.165) is 6.54 Å². The third-order valence-electron chi connectivity index (χ3n) is 1.31. The third-order valence-corrected chi connectivity index (χ3v) is 1.31. The Balaban J connectivity index is 2.92. The number of hydrogen-bond acceptors (Lipinski definition) is 0. The molecule has 0 unspecified atom stereocenters. The Morgan fingerprint density at radius 1 is 1.75 bits per heavy atom. The van der Waals surface area contributed by atoms with Crippen LogP contribution in [0.3, 0.4) is 0 Å². The molecule has 0 saturated carbocycles. The van der Waals surface area contributed by atoms with Crippen molar-refractivity contribution >= 4 is 0 Å². The van der Waals surface area contributed by atoms with Gasteiger partial charge in [0.05, 0.1) is 5.69 Å². The van der Waals surface area contributed by atoms with Crippen LogP contribution in [0, 0.1) is 0 Å². The van der Waals surface area contributed by atoms with E-state index in [-0.39, 0.29) is 0 Å². The van der Waals surface area contributed by atoms with Crippen molar-refractivity contribution in [2.45, 2.75) is 6.54 Å². The molecule has 0 saturated heterocycles. The van der Waals surface area contributed by atoms with E-state index in [4.69, 9.17) is 0 Å². The molecular weight excluding hydrogens is 100 g/mol. The fourth-order valence-electron chi connectivity index (χ4n) is 0.756. The number of rotatable bonds is 1. The summed E-state index contributed by atoms with van der Waals surface area (Å²) in [6, 6.07) is 4.10. The first-order valence-corrected chi connectivity index (χ1v) is 2.74. The highest BCUT2D eigenvalue weighted by Gasteiger charge is 1.91. The Morgan fingerprint density at radius 3 is 2.75 bits per heavy atom. The van der Waals surface area contributed by atoms with Crippen LogP contribution in [0.1, 0.15) is 5.69 Å². The lowest BCUT2D eigenvalue weighted by Gasteiger charge is -1.93. The number of aryl methyl sites for hydroxylation is 1. The first-order valence-electron chi connectivity index (χ1n) is 2.74. The maximum Gasteiger partial charge on any atom is 0.115 e. The Kier molecular flexibility index (Phi) is 1.35. The number of aromatic nitrogens is 1. The fourth-order valence-corrected chi connectivity index (χ4v) is 0.756. The van der Waals surface area contributed by atoms with E-state index in [0.29, 0.717) is 0 Å². The van der Waals surface area contributed by atoms with Crippen LogP contribution < -0.4 is 5.73 Å². The Hall–Kier alpha value is -0.760. The van der Waals surface area contributed by atoms with E-state index in [1.807, 2.05) is 19.3 Å². The van der Waals surface area contributed by atoms with Gasteiger partial charge in [0.15, 0.2) is 0 Å². The molecule has 0 amide bonds. The lowest BCUT2D eigenvalue weighted by Crippen LogP contribution is -2.48. The minimum Gasteiger partial charge on any atom is -0.353 e. The summed E-state index contributed by atoms with van der Waals surface area (Å²) in [5, 5.41) is 0. The van der Waals surface area contributed by atoms with E-state index in [9.17, 15) is 0 Å². The van der Waals surface area contributed by atoms with Gasteiger partial charge in [-0.3, -0.25) is 0 Å². The molecule has 8 heavy (non-hydrogen) atoms. The molecule has 1 aromatic heterocycles. The van der Waals surface area contributed by atoms with Gasteiger partial charge in [0.25, 0.3) is 0 Å². The average molecular weight is 111 g/mol. The molecular formula is C6H11N2+.